The van der Waals surface area contributed by atoms with Crippen molar-refractivity contribution < 1.29 is 19.4 Å². The van der Waals surface area contributed by atoms with Crippen molar-refractivity contribution in [3.05, 3.63) is 59.0 Å². The van der Waals surface area contributed by atoms with E-state index in [0.29, 0.717) is 19.6 Å². The standard InChI is InChI=1S/C16H17NO5/c18-15(19)12-17-9-4-8-14(16(17)20)22-11-5-10-21-13-6-2-1-3-7-13/h1-4,6-9H,5,10-12H2,(H,18,19). The smallest absolute Gasteiger partial charge is 0.323 e. The Morgan fingerprint density at radius 2 is 1.77 bits per heavy atom. The number of carbonyl (C=O) groups is 1. The highest BCUT2D eigenvalue weighted by Gasteiger charge is 2.06. The van der Waals surface area contributed by atoms with Crippen LogP contribution in [0.1, 0.15) is 6.42 Å². The molecule has 0 saturated heterocycles. The summed E-state index contributed by atoms with van der Waals surface area (Å²) in [6.45, 7) is 0.409. The molecule has 1 aromatic heterocycles. The van der Waals surface area contributed by atoms with Crippen molar-refractivity contribution in [3.8, 4) is 11.5 Å². The molecule has 0 aliphatic heterocycles. The summed E-state index contributed by atoms with van der Waals surface area (Å²) >= 11 is 0. The van der Waals surface area contributed by atoms with Gasteiger partial charge in [-0.3, -0.25) is 9.59 Å². The number of benzene rings is 1. The Morgan fingerprint density at radius 1 is 1.05 bits per heavy atom. The van der Waals surface area contributed by atoms with E-state index in [0.717, 1.165) is 10.3 Å². The van der Waals surface area contributed by atoms with Crippen molar-refractivity contribution >= 4 is 5.97 Å². The van der Waals surface area contributed by atoms with Crippen LogP contribution in [0.3, 0.4) is 0 Å². The highest BCUT2D eigenvalue weighted by Crippen LogP contribution is 2.08. The van der Waals surface area contributed by atoms with Gasteiger partial charge in [0.2, 0.25) is 0 Å². The topological polar surface area (TPSA) is 77.8 Å². The Kier molecular flexibility index (Phi) is 5.59. The van der Waals surface area contributed by atoms with E-state index in [4.69, 9.17) is 14.6 Å². The van der Waals surface area contributed by atoms with Gasteiger partial charge < -0.3 is 19.1 Å². The number of nitrogens with zero attached hydrogens (tertiary/aromatic N) is 1. The van der Waals surface area contributed by atoms with Crippen LogP contribution in [-0.2, 0) is 11.3 Å². The lowest BCUT2D eigenvalue weighted by Gasteiger charge is -2.09. The van der Waals surface area contributed by atoms with Gasteiger partial charge >= 0.3 is 5.97 Å². The maximum Gasteiger partial charge on any atom is 0.323 e. The molecule has 0 aliphatic rings. The van der Waals surface area contributed by atoms with Gasteiger partial charge in [-0.1, -0.05) is 18.2 Å². The van der Waals surface area contributed by atoms with E-state index in [2.05, 4.69) is 0 Å². The van der Waals surface area contributed by atoms with Gasteiger partial charge in [-0.05, 0) is 24.3 Å². The van der Waals surface area contributed by atoms with E-state index in [1.165, 1.54) is 12.3 Å². The summed E-state index contributed by atoms with van der Waals surface area (Å²) in [5.74, 6) is -0.148. The first kappa shape index (κ1) is 15.6. The van der Waals surface area contributed by atoms with E-state index in [1.807, 2.05) is 30.3 Å². The fraction of sp³-hybridized carbons (Fsp3) is 0.250. The number of hydrogen-bond acceptors (Lipinski definition) is 4. The minimum absolute atomic E-state index is 0.142. The molecule has 22 heavy (non-hydrogen) atoms. The van der Waals surface area contributed by atoms with E-state index in [1.54, 1.807) is 6.07 Å². The third kappa shape index (κ3) is 4.66. The van der Waals surface area contributed by atoms with Crippen LogP contribution >= 0.6 is 0 Å². The second-order valence-corrected chi connectivity index (χ2v) is 4.56. The second-order valence-electron chi connectivity index (χ2n) is 4.56. The Hall–Kier alpha value is -2.76. The number of pyridine rings is 1. The van der Waals surface area contributed by atoms with Crippen molar-refractivity contribution in [1.29, 1.82) is 0 Å². The van der Waals surface area contributed by atoms with Crippen molar-refractivity contribution in [2.45, 2.75) is 13.0 Å². The van der Waals surface area contributed by atoms with Gasteiger partial charge in [0.1, 0.15) is 12.3 Å². The quantitative estimate of drug-likeness (QED) is 0.752. The minimum atomic E-state index is -1.07. The van der Waals surface area contributed by atoms with E-state index in [-0.39, 0.29) is 12.3 Å². The molecule has 1 aromatic carbocycles. The molecule has 116 valence electrons. The predicted octanol–water partition coefficient (Wildman–Crippen LogP) is 1.78. The van der Waals surface area contributed by atoms with Gasteiger partial charge in [-0.15, -0.1) is 0 Å². The van der Waals surface area contributed by atoms with Gasteiger partial charge in [0.05, 0.1) is 13.2 Å². The number of rotatable bonds is 8. The average molecular weight is 303 g/mol. The molecule has 1 heterocycles. The zero-order chi connectivity index (χ0) is 15.8. The molecule has 6 heteroatoms. The number of carboxylic acids is 1. The number of hydrogen-bond donors (Lipinski definition) is 1. The van der Waals surface area contributed by atoms with Crippen molar-refractivity contribution in [2.75, 3.05) is 13.2 Å². The Labute approximate surface area is 127 Å². The zero-order valence-electron chi connectivity index (χ0n) is 12.0. The first-order chi connectivity index (χ1) is 10.7. The third-order valence-electron chi connectivity index (χ3n) is 2.85. The summed E-state index contributed by atoms with van der Waals surface area (Å²) in [5, 5.41) is 8.72. The summed E-state index contributed by atoms with van der Waals surface area (Å²) in [6.07, 6.45) is 2.03. The van der Waals surface area contributed by atoms with Crippen LogP contribution in [0.25, 0.3) is 0 Å². The maximum atomic E-state index is 11.9. The molecule has 0 bridgehead atoms. The lowest BCUT2D eigenvalue weighted by molar-refractivity contribution is -0.137. The fourth-order valence-corrected chi connectivity index (χ4v) is 1.84. The maximum absolute atomic E-state index is 11.9. The number of aliphatic carboxylic acids is 1. The van der Waals surface area contributed by atoms with E-state index < -0.39 is 11.5 Å². The van der Waals surface area contributed by atoms with Crippen LogP contribution < -0.4 is 15.0 Å². The van der Waals surface area contributed by atoms with Crippen LogP contribution in [0.4, 0.5) is 0 Å². The van der Waals surface area contributed by atoms with Crippen LogP contribution in [-0.4, -0.2) is 28.9 Å². The monoisotopic (exact) mass is 303 g/mol. The molecule has 0 amide bonds. The van der Waals surface area contributed by atoms with Crippen LogP contribution in [0.5, 0.6) is 11.5 Å². The minimum Gasteiger partial charge on any atom is -0.493 e. The Bertz CT molecular complexity index is 666. The van der Waals surface area contributed by atoms with Gasteiger partial charge in [0.25, 0.3) is 5.56 Å². The van der Waals surface area contributed by atoms with Gasteiger partial charge in [-0.25, -0.2) is 0 Å². The molecular formula is C16H17NO5. The molecule has 0 unspecified atom stereocenters. The highest BCUT2D eigenvalue weighted by atomic mass is 16.5. The third-order valence-corrected chi connectivity index (χ3v) is 2.85. The Balaban J connectivity index is 1.79. The average Bonchev–Trinajstić information content (AvgIpc) is 2.51. The lowest BCUT2D eigenvalue weighted by atomic mass is 10.3. The molecule has 0 radical (unpaired) electrons. The fourth-order valence-electron chi connectivity index (χ4n) is 1.84. The normalized spacial score (nSPS) is 10.2. The van der Waals surface area contributed by atoms with Crippen LogP contribution in [0.2, 0.25) is 0 Å². The van der Waals surface area contributed by atoms with Gasteiger partial charge in [0.15, 0.2) is 5.75 Å². The number of para-hydroxylation sites is 1. The van der Waals surface area contributed by atoms with Gasteiger partial charge in [0, 0.05) is 12.6 Å². The highest BCUT2D eigenvalue weighted by molar-refractivity contribution is 5.66. The molecule has 0 aliphatic carbocycles. The zero-order valence-corrected chi connectivity index (χ0v) is 12.0. The number of ether oxygens (including phenoxy) is 2. The van der Waals surface area contributed by atoms with Crippen molar-refractivity contribution in [3.63, 3.8) is 0 Å². The molecule has 0 spiro atoms. The van der Waals surface area contributed by atoms with Gasteiger partial charge in [-0.2, -0.15) is 0 Å². The SMILES string of the molecule is O=C(O)Cn1cccc(OCCCOc2ccccc2)c1=O. The van der Waals surface area contributed by atoms with E-state index >= 15 is 0 Å². The molecule has 0 atom stereocenters. The van der Waals surface area contributed by atoms with Crippen LogP contribution in [0, 0.1) is 0 Å². The number of aromatic nitrogens is 1. The molecule has 0 saturated carbocycles. The second kappa shape index (κ2) is 7.87. The molecular weight excluding hydrogens is 286 g/mol. The molecule has 6 nitrogen and oxygen atoms in total. The summed E-state index contributed by atoms with van der Waals surface area (Å²) in [4.78, 5) is 22.6. The Morgan fingerprint density at radius 3 is 2.50 bits per heavy atom. The van der Waals surface area contributed by atoms with Crippen molar-refractivity contribution in [2.24, 2.45) is 0 Å². The summed E-state index contributed by atoms with van der Waals surface area (Å²) in [7, 11) is 0. The molecule has 0 fully saturated rings. The summed E-state index contributed by atoms with van der Waals surface area (Å²) < 4.78 is 12.0. The first-order valence-electron chi connectivity index (χ1n) is 6.89. The van der Waals surface area contributed by atoms with Crippen molar-refractivity contribution in [1.82, 2.24) is 4.57 Å². The first-order valence-corrected chi connectivity index (χ1v) is 6.89. The van der Waals surface area contributed by atoms with E-state index in [9.17, 15) is 9.59 Å². The largest absolute Gasteiger partial charge is 0.493 e. The summed E-state index contributed by atoms with van der Waals surface area (Å²) in [5.41, 5.74) is -0.450. The molecule has 2 aromatic rings. The predicted molar refractivity (Wildman–Crippen MR) is 80.4 cm³/mol. The lowest BCUT2D eigenvalue weighted by Crippen LogP contribution is -2.25. The summed E-state index contributed by atoms with van der Waals surface area (Å²) in [6, 6.07) is 12.5. The molecule has 2 rings (SSSR count). The molecule has 1 N–H and O–H groups in total. The van der Waals surface area contributed by atoms with Crippen LogP contribution in [0.15, 0.2) is 53.5 Å². The number of carboxylic acid groups (broad SMARTS) is 1.